The fraction of sp³-hybridized carbons (Fsp3) is 0.143. The lowest BCUT2D eigenvalue weighted by Crippen LogP contribution is -1.94. The van der Waals surface area contributed by atoms with E-state index in [2.05, 4.69) is 0 Å². The monoisotopic (exact) mass is 442 g/mol. The van der Waals surface area contributed by atoms with Gasteiger partial charge in [-0.15, -0.1) is 0 Å². The molecule has 5 heteroatoms. The maximum Gasteiger partial charge on any atom is 0.169 e. The van der Waals surface area contributed by atoms with E-state index in [-0.39, 0.29) is 23.0 Å². The van der Waals surface area contributed by atoms with Crippen molar-refractivity contribution in [1.29, 1.82) is 0 Å². The predicted octanol–water partition coefficient (Wildman–Crippen LogP) is 5.87. The number of aromatic hydroxyl groups is 4. The van der Waals surface area contributed by atoms with Gasteiger partial charge in [0.2, 0.25) is 0 Å². The van der Waals surface area contributed by atoms with Crippen LogP contribution in [0.4, 0.5) is 0 Å². The second-order valence-corrected chi connectivity index (χ2v) is 8.04. The molecule has 33 heavy (non-hydrogen) atoms. The minimum atomic E-state index is -0.118. The van der Waals surface area contributed by atoms with E-state index in [9.17, 15) is 20.4 Å². The van der Waals surface area contributed by atoms with E-state index in [0.717, 1.165) is 47.9 Å². The van der Waals surface area contributed by atoms with Crippen molar-refractivity contribution in [2.75, 3.05) is 0 Å². The molecular formula is C28H26O5. The Bertz CT molecular complexity index is 1210. The van der Waals surface area contributed by atoms with Crippen molar-refractivity contribution in [2.24, 2.45) is 0 Å². The predicted molar refractivity (Wildman–Crippen MR) is 127 cm³/mol. The van der Waals surface area contributed by atoms with Crippen molar-refractivity contribution < 1.29 is 25.2 Å². The van der Waals surface area contributed by atoms with E-state index in [1.807, 2.05) is 48.5 Å². The largest absolute Gasteiger partial charge is 0.508 e. The number of rotatable bonds is 8. The van der Waals surface area contributed by atoms with Gasteiger partial charge in [-0.05, 0) is 96.5 Å². The molecule has 168 valence electrons. The van der Waals surface area contributed by atoms with Crippen LogP contribution in [0.5, 0.6) is 34.5 Å². The summed E-state index contributed by atoms with van der Waals surface area (Å²) < 4.78 is 5.92. The van der Waals surface area contributed by atoms with Crippen molar-refractivity contribution in [3.8, 4) is 34.5 Å². The van der Waals surface area contributed by atoms with Crippen LogP contribution in [-0.4, -0.2) is 20.4 Å². The zero-order valence-electron chi connectivity index (χ0n) is 18.1. The van der Waals surface area contributed by atoms with Crippen LogP contribution >= 0.6 is 0 Å². The Balaban J connectivity index is 1.36. The Morgan fingerprint density at radius 2 is 0.939 bits per heavy atom. The van der Waals surface area contributed by atoms with E-state index >= 15 is 0 Å². The molecule has 0 aliphatic carbocycles. The molecule has 0 amide bonds. The Labute approximate surface area is 192 Å². The lowest BCUT2D eigenvalue weighted by Gasteiger charge is -2.11. The third kappa shape index (κ3) is 5.98. The normalized spacial score (nSPS) is 10.8. The van der Waals surface area contributed by atoms with Gasteiger partial charge in [0.1, 0.15) is 11.5 Å². The van der Waals surface area contributed by atoms with Crippen LogP contribution in [0.2, 0.25) is 0 Å². The Morgan fingerprint density at radius 1 is 0.455 bits per heavy atom. The number of benzene rings is 4. The first-order chi connectivity index (χ1) is 16.0. The fourth-order valence-electron chi connectivity index (χ4n) is 3.61. The van der Waals surface area contributed by atoms with Crippen LogP contribution in [0.3, 0.4) is 0 Å². The van der Waals surface area contributed by atoms with Crippen LogP contribution in [0, 0.1) is 0 Å². The van der Waals surface area contributed by atoms with Gasteiger partial charge in [0.15, 0.2) is 23.0 Å². The molecule has 4 aromatic carbocycles. The van der Waals surface area contributed by atoms with Crippen molar-refractivity contribution in [3.63, 3.8) is 0 Å². The zero-order valence-corrected chi connectivity index (χ0v) is 18.1. The minimum Gasteiger partial charge on any atom is -0.508 e. The van der Waals surface area contributed by atoms with Gasteiger partial charge in [0.25, 0.3) is 0 Å². The highest BCUT2D eigenvalue weighted by Crippen LogP contribution is 2.32. The van der Waals surface area contributed by atoms with Crippen LogP contribution in [0.15, 0.2) is 84.9 Å². The molecule has 0 saturated carbocycles. The highest BCUT2D eigenvalue weighted by Gasteiger charge is 2.07. The van der Waals surface area contributed by atoms with Crippen LogP contribution in [-0.2, 0) is 25.7 Å². The highest BCUT2D eigenvalue weighted by atomic mass is 16.5. The molecule has 0 fully saturated rings. The quantitative estimate of drug-likeness (QED) is 0.256. The molecule has 0 spiro atoms. The molecule has 0 aliphatic heterocycles. The molecule has 0 aromatic heterocycles. The Morgan fingerprint density at radius 3 is 1.55 bits per heavy atom. The number of aryl methyl sites for hydroxylation is 4. The lowest BCUT2D eigenvalue weighted by molar-refractivity contribution is 0.403. The van der Waals surface area contributed by atoms with E-state index in [4.69, 9.17) is 4.74 Å². The molecule has 4 aromatic rings. The second-order valence-electron chi connectivity index (χ2n) is 8.04. The summed E-state index contributed by atoms with van der Waals surface area (Å²) in [7, 11) is 0. The van der Waals surface area contributed by atoms with Crippen LogP contribution in [0.25, 0.3) is 0 Å². The maximum atomic E-state index is 10.2. The summed E-state index contributed by atoms with van der Waals surface area (Å²) >= 11 is 0. The zero-order chi connectivity index (χ0) is 23.2. The molecule has 0 radical (unpaired) electrons. The van der Waals surface area contributed by atoms with Gasteiger partial charge in [-0.1, -0.05) is 36.4 Å². The van der Waals surface area contributed by atoms with E-state index in [0.29, 0.717) is 11.5 Å². The number of hydrogen-bond acceptors (Lipinski definition) is 5. The summed E-state index contributed by atoms with van der Waals surface area (Å²) in [4.78, 5) is 0. The summed E-state index contributed by atoms with van der Waals surface area (Å²) in [5, 5.41) is 38.7. The van der Waals surface area contributed by atoms with Gasteiger partial charge in [-0.2, -0.15) is 0 Å². The standard InChI is InChI=1S/C28H26O5/c29-23-11-5-19(6-12-23)2-4-22-10-16-26(31)28(18-22)33-24-13-7-20(8-14-24)1-3-21-9-15-25(30)27(32)17-21/h5-18,29-32H,1-4H2. The molecule has 0 saturated heterocycles. The average molecular weight is 443 g/mol. The van der Waals surface area contributed by atoms with E-state index in [1.54, 1.807) is 30.3 Å². The summed E-state index contributed by atoms with van der Waals surface area (Å²) in [6, 6.07) is 25.1. The lowest BCUT2D eigenvalue weighted by atomic mass is 10.0. The Kier molecular flexibility index (Phi) is 6.69. The third-order valence-electron chi connectivity index (χ3n) is 5.56. The van der Waals surface area contributed by atoms with Gasteiger partial charge < -0.3 is 25.2 Å². The molecule has 0 bridgehead atoms. The maximum absolute atomic E-state index is 10.2. The summed E-state index contributed by atoms with van der Waals surface area (Å²) in [6.07, 6.45) is 3.12. The molecule has 0 atom stereocenters. The molecule has 5 nitrogen and oxygen atoms in total. The molecule has 4 N–H and O–H groups in total. The highest BCUT2D eigenvalue weighted by molar-refractivity contribution is 5.45. The third-order valence-corrected chi connectivity index (χ3v) is 5.56. The van der Waals surface area contributed by atoms with Crippen molar-refractivity contribution in [3.05, 3.63) is 107 Å². The number of ether oxygens (including phenoxy) is 1. The Hall–Kier alpha value is -4.12. The molecule has 0 heterocycles. The fourth-order valence-corrected chi connectivity index (χ4v) is 3.61. The first-order valence-electron chi connectivity index (χ1n) is 10.8. The van der Waals surface area contributed by atoms with Crippen LogP contribution < -0.4 is 4.74 Å². The first-order valence-corrected chi connectivity index (χ1v) is 10.8. The number of phenolic OH excluding ortho intramolecular Hbond substituents is 4. The molecule has 0 aliphatic rings. The average Bonchev–Trinajstić information content (AvgIpc) is 2.82. The van der Waals surface area contributed by atoms with Gasteiger partial charge in [0, 0.05) is 0 Å². The SMILES string of the molecule is Oc1ccc(CCc2ccc(O)c(Oc3ccc(CCc4ccc(O)c(O)c4)cc3)c2)cc1. The number of hydrogen-bond donors (Lipinski definition) is 4. The van der Waals surface area contributed by atoms with E-state index in [1.165, 1.54) is 6.07 Å². The number of phenols is 4. The smallest absolute Gasteiger partial charge is 0.169 e. The molecule has 4 rings (SSSR count). The summed E-state index contributed by atoms with van der Waals surface area (Å²) in [5.74, 6) is 1.15. The van der Waals surface area contributed by atoms with Crippen molar-refractivity contribution in [2.45, 2.75) is 25.7 Å². The summed E-state index contributed by atoms with van der Waals surface area (Å²) in [6.45, 7) is 0. The molecular weight excluding hydrogens is 416 g/mol. The van der Waals surface area contributed by atoms with Gasteiger partial charge in [-0.25, -0.2) is 0 Å². The summed E-state index contributed by atoms with van der Waals surface area (Å²) in [5.41, 5.74) is 4.23. The van der Waals surface area contributed by atoms with Gasteiger partial charge in [-0.3, -0.25) is 0 Å². The topological polar surface area (TPSA) is 90.2 Å². The van der Waals surface area contributed by atoms with Gasteiger partial charge >= 0.3 is 0 Å². The van der Waals surface area contributed by atoms with Crippen molar-refractivity contribution in [1.82, 2.24) is 0 Å². The van der Waals surface area contributed by atoms with E-state index < -0.39 is 0 Å². The molecule has 0 unspecified atom stereocenters. The van der Waals surface area contributed by atoms with Gasteiger partial charge in [0.05, 0.1) is 0 Å². The van der Waals surface area contributed by atoms with Crippen molar-refractivity contribution >= 4 is 0 Å². The minimum absolute atomic E-state index is 0.0830. The first kappa shape index (κ1) is 22.1. The van der Waals surface area contributed by atoms with Crippen LogP contribution in [0.1, 0.15) is 22.3 Å². The second kappa shape index (κ2) is 10.0.